The van der Waals surface area contributed by atoms with Crippen LogP contribution in [0.2, 0.25) is 0 Å². The van der Waals surface area contributed by atoms with Gasteiger partial charge in [-0.15, -0.1) is 5.10 Å². The van der Waals surface area contributed by atoms with Crippen LogP contribution in [0.1, 0.15) is 77.9 Å². The number of amides is 2. The second kappa shape index (κ2) is 13.1. The van der Waals surface area contributed by atoms with Crippen molar-refractivity contribution in [2.24, 2.45) is 13.0 Å². The molecule has 1 unspecified atom stereocenters. The Morgan fingerprint density at radius 3 is 2.17 bits per heavy atom. The quantitative estimate of drug-likeness (QED) is 0.277. The van der Waals surface area contributed by atoms with Crippen LogP contribution in [-0.2, 0) is 25.9 Å². The zero-order valence-electron chi connectivity index (χ0n) is 27.2. The highest BCUT2D eigenvalue weighted by atomic mass is 19.4. The summed E-state index contributed by atoms with van der Waals surface area (Å²) >= 11 is 0. The molecule has 0 radical (unpaired) electrons. The van der Waals surface area contributed by atoms with Crippen LogP contribution in [0, 0.1) is 19.8 Å². The summed E-state index contributed by atoms with van der Waals surface area (Å²) in [6.45, 7) is 6.56. The van der Waals surface area contributed by atoms with E-state index in [1.54, 1.807) is 11.9 Å². The largest absolute Gasteiger partial charge is 0.416 e. The molecule has 15 heteroatoms. The molecule has 1 N–H and O–H groups in total. The number of urea groups is 1. The SMILES string of the molecule is Cc1cc(C)c2c(c1)C(N(Cc1cc(C(F)(F)F)cc(C(F)(F)F)c1)c1nnn(C)n1)CCCN2CC1CCN(C(=O)NC2CC2)CC1. The number of carbonyl (C=O) groups excluding carboxylic acids is 1. The Labute approximate surface area is 275 Å². The van der Waals surface area contributed by atoms with Crippen LogP contribution < -0.4 is 15.1 Å². The number of hydrogen-bond acceptors (Lipinski definition) is 6. The Kier molecular flexibility index (Phi) is 9.24. The average molecular weight is 679 g/mol. The molecule has 2 fully saturated rings. The van der Waals surface area contributed by atoms with Crippen LogP contribution in [0.3, 0.4) is 0 Å². The fourth-order valence-electron chi connectivity index (χ4n) is 7.07. The molecule has 1 saturated heterocycles. The highest BCUT2D eigenvalue weighted by molar-refractivity contribution is 5.75. The predicted molar refractivity (Wildman–Crippen MR) is 167 cm³/mol. The van der Waals surface area contributed by atoms with Crippen LogP contribution in [0.25, 0.3) is 0 Å². The molecule has 1 aliphatic carbocycles. The minimum atomic E-state index is -4.97. The molecular weight excluding hydrogens is 638 g/mol. The number of fused-ring (bicyclic) bond motifs is 1. The third-order valence-electron chi connectivity index (χ3n) is 9.47. The molecule has 0 bridgehead atoms. The van der Waals surface area contributed by atoms with Gasteiger partial charge < -0.3 is 20.0 Å². The number of piperidine rings is 1. The first-order valence-electron chi connectivity index (χ1n) is 16.4. The van der Waals surface area contributed by atoms with E-state index in [1.807, 2.05) is 24.8 Å². The normalized spacial score (nSPS) is 19.2. The van der Waals surface area contributed by atoms with Crippen LogP contribution in [-0.4, -0.2) is 63.4 Å². The number of benzene rings is 2. The molecule has 0 spiro atoms. The van der Waals surface area contributed by atoms with Crippen LogP contribution in [0.5, 0.6) is 0 Å². The van der Waals surface area contributed by atoms with Gasteiger partial charge in [-0.25, -0.2) is 4.79 Å². The molecule has 1 aromatic heterocycles. The van der Waals surface area contributed by atoms with E-state index in [2.05, 4.69) is 31.7 Å². The van der Waals surface area contributed by atoms with Gasteiger partial charge in [0.2, 0.25) is 0 Å². The van der Waals surface area contributed by atoms with Crippen molar-refractivity contribution in [2.45, 2.75) is 83.4 Å². The Balaban J connectivity index is 1.32. The van der Waals surface area contributed by atoms with Gasteiger partial charge in [0, 0.05) is 44.5 Å². The van der Waals surface area contributed by atoms with Crippen molar-refractivity contribution >= 4 is 17.7 Å². The maximum Gasteiger partial charge on any atom is 0.416 e. The summed E-state index contributed by atoms with van der Waals surface area (Å²) in [6.07, 6.45) is -4.84. The minimum Gasteiger partial charge on any atom is -0.371 e. The topological polar surface area (TPSA) is 82.4 Å². The van der Waals surface area contributed by atoms with Gasteiger partial charge in [0.05, 0.1) is 24.2 Å². The summed E-state index contributed by atoms with van der Waals surface area (Å²) in [6, 6.07) is 5.67. The molecule has 1 atom stereocenters. The van der Waals surface area contributed by atoms with Gasteiger partial charge in [0.25, 0.3) is 5.95 Å². The average Bonchev–Trinajstić information content (AvgIpc) is 3.75. The minimum absolute atomic E-state index is 0.00562. The number of tetrazole rings is 1. The van der Waals surface area contributed by atoms with E-state index >= 15 is 0 Å². The molecular formula is C33H40F6N8O. The van der Waals surface area contributed by atoms with Gasteiger partial charge in [-0.05, 0) is 98.4 Å². The summed E-state index contributed by atoms with van der Waals surface area (Å²) in [4.78, 5) is 19.7. The van der Waals surface area contributed by atoms with Crippen molar-refractivity contribution in [1.82, 2.24) is 30.4 Å². The Morgan fingerprint density at radius 1 is 0.917 bits per heavy atom. The standard InChI is InChI=1S/C33H40F6N8O/c1-20-13-21(2)29-27(14-20)28(5-4-10-46(29)18-22-8-11-45(12-9-22)31(48)40-26-6-7-26)47(30-41-43-44(3)42-30)19-23-15-24(32(34,35)36)17-25(16-23)33(37,38)39/h13-17,22,26,28H,4-12,18-19H2,1-3H3,(H,40,48). The molecule has 260 valence electrons. The third kappa shape index (κ3) is 7.64. The number of nitrogens with zero attached hydrogens (tertiary/aromatic N) is 7. The van der Waals surface area contributed by atoms with E-state index < -0.39 is 29.5 Å². The summed E-state index contributed by atoms with van der Waals surface area (Å²) in [5, 5.41) is 15.5. The summed E-state index contributed by atoms with van der Waals surface area (Å²) in [5.74, 6) is 0.465. The molecule has 3 heterocycles. The first-order valence-corrected chi connectivity index (χ1v) is 16.4. The van der Waals surface area contributed by atoms with Crippen molar-refractivity contribution in [3.05, 3.63) is 63.7 Å². The van der Waals surface area contributed by atoms with E-state index in [-0.39, 0.29) is 30.2 Å². The lowest BCUT2D eigenvalue weighted by atomic mass is 9.93. The lowest BCUT2D eigenvalue weighted by Gasteiger charge is -2.37. The molecule has 2 amide bonds. The third-order valence-corrected chi connectivity index (χ3v) is 9.47. The van der Waals surface area contributed by atoms with Crippen molar-refractivity contribution < 1.29 is 31.1 Å². The number of hydrogen-bond donors (Lipinski definition) is 1. The molecule has 2 aliphatic heterocycles. The molecule has 9 nitrogen and oxygen atoms in total. The summed E-state index contributed by atoms with van der Waals surface area (Å²) < 4.78 is 82.8. The molecule has 48 heavy (non-hydrogen) atoms. The molecule has 1 saturated carbocycles. The van der Waals surface area contributed by atoms with Gasteiger partial charge in [-0.3, -0.25) is 0 Å². The first kappa shape index (κ1) is 33.8. The summed E-state index contributed by atoms with van der Waals surface area (Å²) in [5.41, 5.74) is 1.05. The number of likely N-dealkylation sites (tertiary alicyclic amines) is 1. The molecule has 2 aromatic carbocycles. The monoisotopic (exact) mass is 678 g/mol. The lowest BCUT2D eigenvalue weighted by molar-refractivity contribution is -0.143. The number of halogens is 6. The van der Waals surface area contributed by atoms with Crippen LogP contribution in [0.4, 0.5) is 42.8 Å². The Morgan fingerprint density at radius 2 is 1.58 bits per heavy atom. The van der Waals surface area contributed by atoms with E-state index in [9.17, 15) is 31.1 Å². The number of alkyl halides is 6. The highest BCUT2D eigenvalue weighted by Crippen LogP contribution is 2.43. The van der Waals surface area contributed by atoms with Crippen molar-refractivity contribution in [3.8, 4) is 0 Å². The first-order chi connectivity index (χ1) is 22.7. The zero-order valence-corrected chi connectivity index (χ0v) is 27.2. The van der Waals surface area contributed by atoms with E-state index in [4.69, 9.17) is 0 Å². The van der Waals surface area contributed by atoms with Gasteiger partial charge in [0.1, 0.15) is 0 Å². The van der Waals surface area contributed by atoms with E-state index in [0.29, 0.717) is 37.9 Å². The van der Waals surface area contributed by atoms with E-state index in [0.717, 1.165) is 73.3 Å². The number of aromatic nitrogens is 4. The maximum absolute atomic E-state index is 13.8. The zero-order chi connectivity index (χ0) is 34.4. The number of anilines is 2. The van der Waals surface area contributed by atoms with Crippen molar-refractivity contribution in [3.63, 3.8) is 0 Å². The Bertz CT molecular complexity index is 1590. The smallest absolute Gasteiger partial charge is 0.371 e. The molecule has 3 aliphatic rings. The van der Waals surface area contributed by atoms with Crippen molar-refractivity contribution in [2.75, 3.05) is 36.0 Å². The highest BCUT2D eigenvalue weighted by Gasteiger charge is 2.38. The number of nitrogens with one attached hydrogen (secondary N) is 1. The van der Waals surface area contributed by atoms with E-state index in [1.165, 1.54) is 4.80 Å². The van der Waals surface area contributed by atoms with Gasteiger partial charge in [-0.2, -0.15) is 31.1 Å². The van der Waals surface area contributed by atoms with Gasteiger partial charge >= 0.3 is 18.4 Å². The number of rotatable bonds is 7. The fraction of sp³-hybridized carbons (Fsp3) is 0.576. The fourth-order valence-corrected chi connectivity index (χ4v) is 7.07. The summed E-state index contributed by atoms with van der Waals surface area (Å²) in [7, 11) is 1.55. The number of aryl methyl sites for hydroxylation is 3. The number of carbonyl (C=O) groups is 1. The molecule has 6 rings (SSSR count). The molecule has 3 aromatic rings. The maximum atomic E-state index is 13.8. The van der Waals surface area contributed by atoms with Gasteiger partial charge in [0.15, 0.2) is 0 Å². The second-order valence-electron chi connectivity index (χ2n) is 13.4. The van der Waals surface area contributed by atoms with Crippen LogP contribution in [0.15, 0.2) is 30.3 Å². The second-order valence-corrected chi connectivity index (χ2v) is 13.4. The van der Waals surface area contributed by atoms with Crippen molar-refractivity contribution in [1.29, 1.82) is 0 Å². The van der Waals surface area contributed by atoms with Crippen LogP contribution >= 0.6 is 0 Å². The lowest BCUT2D eigenvalue weighted by Crippen LogP contribution is -2.46. The predicted octanol–water partition coefficient (Wildman–Crippen LogP) is 6.80. The Hall–Kier alpha value is -4.04. The van der Waals surface area contributed by atoms with Gasteiger partial charge in [-0.1, -0.05) is 22.8 Å².